The van der Waals surface area contributed by atoms with E-state index in [0.717, 1.165) is 122 Å². The SMILES string of the molecule is CC\C=C/C=C\C=C/CCCCCCCCCC(=O)OCC(COC(=O)CCCCC/C=C\C/C=C\C/C=C\C/C=C\C/C=C\CC)OC(=O)CCCCCCC/C=C\CCCCCCCCCCC. The van der Waals surface area contributed by atoms with Gasteiger partial charge in [0.1, 0.15) is 13.2 Å². The fourth-order valence-corrected chi connectivity index (χ4v) is 7.76. The molecule has 1 atom stereocenters. The van der Waals surface area contributed by atoms with Crippen LogP contribution < -0.4 is 0 Å². The molecule has 0 aliphatic heterocycles. The Kier molecular flexibility index (Phi) is 54.4. The van der Waals surface area contributed by atoms with E-state index < -0.39 is 6.10 Å². The van der Waals surface area contributed by atoms with E-state index in [4.69, 9.17) is 14.2 Å². The second-order valence-electron chi connectivity index (χ2n) is 18.8. The molecule has 0 spiro atoms. The van der Waals surface area contributed by atoms with Crippen molar-refractivity contribution in [2.45, 2.75) is 264 Å². The van der Waals surface area contributed by atoms with E-state index in [1.807, 2.05) is 0 Å². The maximum absolute atomic E-state index is 12.9. The van der Waals surface area contributed by atoms with E-state index in [1.165, 1.54) is 96.3 Å². The predicted octanol–water partition coefficient (Wildman–Crippen LogP) is 19.5. The van der Waals surface area contributed by atoms with Crippen molar-refractivity contribution in [1.29, 1.82) is 0 Å². The van der Waals surface area contributed by atoms with E-state index >= 15 is 0 Å². The third-order valence-corrected chi connectivity index (χ3v) is 12.1. The second-order valence-corrected chi connectivity index (χ2v) is 18.8. The molecule has 0 aromatic heterocycles. The molecule has 0 saturated heterocycles. The summed E-state index contributed by atoms with van der Waals surface area (Å²) in [5.41, 5.74) is 0. The number of allylic oxidation sites excluding steroid dienone is 18. The molecular formula is C64H106O6. The van der Waals surface area contributed by atoms with Crippen LogP contribution in [-0.2, 0) is 28.6 Å². The zero-order chi connectivity index (χ0) is 50.7. The molecule has 6 heteroatoms. The summed E-state index contributed by atoms with van der Waals surface area (Å²) in [7, 11) is 0. The van der Waals surface area contributed by atoms with Gasteiger partial charge in [-0.25, -0.2) is 0 Å². The van der Waals surface area contributed by atoms with Gasteiger partial charge in [-0.3, -0.25) is 14.4 Å². The van der Waals surface area contributed by atoms with Gasteiger partial charge in [-0.1, -0.05) is 239 Å². The van der Waals surface area contributed by atoms with Crippen LogP contribution in [0.2, 0.25) is 0 Å². The number of carbonyl (C=O) groups is 3. The average Bonchev–Trinajstić information content (AvgIpc) is 3.36. The summed E-state index contributed by atoms with van der Waals surface area (Å²) >= 11 is 0. The van der Waals surface area contributed by atoms with Gasteiger partial charge in [0.25, 0.3) is 0 Å². The van der Waals surface area contributed by atoms with Crippen molar-refractivity contribution in [2.24, 2.45) is 0 Å². The Labute approximate surface area is 431 Å². The molecule has 0 heterocycles. The molecule has 0 aromatic rings. The van der Waals surface area contributed by atoms with Crippen LogP contribution >= 0.6 is 0 Å². The molecule has 1 unspecified atom stereocenters. The summed E-state index contributed by atoms with van der Waals surface area (Å²) in [6.07, 6.45) is 77.9. The van der Waals surface area contributed by atoms with Gasteiger partial charge in [0, 0.05) is 19.3 Å². The molecule has 6 nitrogen and oxygen atoms in total. The molecule has 0 saturated carbocycles. The standard InChI is InChI=1S/C64H106O6/c1-4-7-10-13-16-19-22-25-28-30-32-34-36-39-42-45-48-51-54-57-63(66)69-60-61(59-68-62(65)56-53-50-47-44-41-38-35-27-24-21-18-15-12-9-6-3)70-64(67)58-55-52-49-46-43-40-37-33-31-29-26-23-20-17-14-11-8-5-2/h7,9-10,12,15-16,18-19,21,24-25,28,32-34,37,39,42,61H,4-6,8,11,13-14,17,20,22-23,26-27,29-31,35-36,38,40-41,43-60H2,1-3H3/b10-7-,12-9-,18-15-,19-16-,24-21-,28-25-,34-32-,37-33-,42-39-. The first-order chi connectivity index (χ1) is 34.5. The molecule has 0 amide bonds. The molecule has 0 aliphatic rings. The van der Waals surface area contributed by atoms with Crippen LogP contribution in [0.3, 0.4) is 0 Å². The van der Waals surface area contributed by atoms with Crippen LogP contribution in [0, 0.1) is 0 Å². The third-order valence-electron chi connectivity index (χ3n) is 12.1. The van der Waals surface area contributed by atoms with Crippen LogP contribution in [-0.4, -0.2) is 37.2 Å². The van der Waals surface area contributed by atoms with Crippen LogP contribution in [0.15, 0.2) is 109 Å². The smallest absolute Gasteiger partial charge is 0.306 e. The minimum atomic E-state index is -0.804. The van der Waals surface area contributed by atoms with E-state index in [9.17, 15) is 14.4 Å². The summed E-state index contributed by atoms with van der Waals surface area (Å²) in [6, 6.07) is 0. The van der Waals surface area contributed by atoms with Crippen molar-refractivity contribution in [3.8, 4) is 0 Å². The number of hydrogen-bond acceptors (Lipinski definition) is 6. The van der Waals surface area contributed by atoms with Gasteiger partial charge in [-0.05, 0) is 109 Å². The Morgan fingerprint density at radius 3 is 1.06 bits per heavy atom. The second kappa shape index (κ2) is 57.6. The summed E-state index contributed by atoms with van der Waals surface area (Å²) in [6.45, 7) is 6.36. The van der Waals surface area contributed by atoms with Crippen molar-refractivity contribution in [2.75, 3.05) is 13.2 Å². The highest BCUT2D eigenvalue weighted by Crippen LogP contribution is 2.14. The Morgan fingerprint density at radius 1 is 0.314 bits per heavy atom. The molecule has 0 aliphatic carbocycles. The lowest BCUT2D eigenvalue weighted by Crippen LogP contribution is -2.30. The largest absolute Gasteiger partial charge is 0.462 e. The molecule has 70 heavy (non-hydrogen) atoms. The maximum atomic E-state index is 12.9. The number of ether oxygens (including phenoxy) is 3. The summed E-state index contributed by atoms with van der Waals surface area (Å²) in [5, 5.41) is 0. The van der Waals surface area contributed by atoms with Gasteiger partial charge in [0.15, 0.2) is 6.10 Å². The van der Waals surface area contributed by atoms with Crippen molar-refractivity contribution < 1.29 is 28.6 Å². The number of rotatable bonds is 51. The Hall–Kier alpha value is -3.93. The molecular weight excluding hydrogens is 865 g/mol. The Morgan fingerprint density at radius 2 is 0.629 bits per heavy atom. The van der Waals surface area contributed by atoms with Crippen molar-refractivity contribution in [3.05, 3.63) is 109 Å². The normalized spacial score (nSPS) is 12.9. The third kappa shape index (κ3) is 55.0. The molecule has 0 N–H and O–H groups in total. The number of hydrogen-bond donors (Lipinski definition) is 0. The first-order valence-electron chi connectivity index (χ1n) is 28.9. The van der Waals surface area contributed by atoms with Crippen molar-refractivity contribution in [1.82, 2.24) is 0 Å². The monoisotopic (exact) mass is 971 g/mol. The number of carbonyl (C=O) groups excluding carboxylic acids is 3. The highest BCUT2D eigenvalue weighted by atomic mass is 16.6. The average molecular weight is 972 g/mol. The predicted molar refractivity (Wildman–Crippen MR) is 302 cm³/mol. The van der Waals surface area contributed by atoms with Gasteiger partial charge in [0.2, 0.25) is 0 Å². The maximum Gasteiger partial charge on any atom is 0.306 e. The lowest BCUT2D eigenvalue weighted by molar-refractivity contribution is -0.167. The molecule has 0 rings (SSSR count). The molecule has 0 aromatic carbocycles. The summed E-state index contributed by atoms with van der Waals surface area (Å²) < 4.78 is 16.8. The molecule has 0 fully saturated rings. The first kappa shape index (κ1) is 66.1. The van der Waals surface area contributed by atoms with Crippen LogP contribution in [0.25, 0.3) is 0 Å². The van der Waals surface area contributed by atoms with E-state index in [0.29, 0.717) is 19.3 Å². The van der Waals surface area contributed by atoms with E-state index in [-0.39, 0.29) is 31.1 Å². The number of esters is 3. The fraction of sp³-hybridized carbons (Fsp3) is 0.672. The van der Waals surface area contributed by atoms with Crippen LogP contribution in [0.5, 0.6) is 0 Å². The van der Waals surface area contributed by atoms with Gasteiger partial charge >= 0.3 is 17.9 Å². The summed E-state index contributed by atoms with van der Waals surface area (Å²) in [4.78, 5) is 38.2. The minimum absolute atomic E-state index is 0.0998. The number of unbranched alkanes of at least 4 members (excludes halogenated alkanes) is 24. The molecule has 0 radical (unpaired) electrons. The molecule has 398 valence electrons. The van der Waals surface area contributed by atoms with Crippen molar-refractivity contribution in [3.63, 3.8) is 0 Å². The molecule has 0 bridgehead atoms. The van der Waals surface area contributed by atoms with Gasteiger partial charge in [0.05, 0.1) is 0 Å². The summed E-state index contributed by atoms with van der Waals surface area (Å²) in [5.74, 6) is -0.951. The topological polar surface area (TPSA) is 78.9 Å². The zero-order valence-corrected chi connectivity index (χ0v) is 45.5. The quantitative estimate of drug-likeness (QED) is 0.0199. The zero-order valence-electron chi connectivity index (χ0n) is 45.5. The van der Waals surface area contributed by atoms with E-state index in [2.05, 4.69) is 130 Å². The van der Waals surface area contributed by atoms with E-state index in [1.54, 1.807) is 0 Å². The Balaban J connectivity index is 4.48. The van der Waals surface area contributed by atoms with Gasteiger partial charge < -0.3 is 14.2 Å². The van der Waals surface area contributed by atoms with Crippen molar-refractivity contribution >= 4 is 17.9 Å². The first-order valence-corrected chi connectivity index (χ1v) is 28.9. The van der Waals surface area contributed by atoms with Crippen LogP contribution in [0.4, 0.5) is 0 Å². The van der Waals surface area contributed by atoms with Gasteiger partial charge in [-0.2, -0.15) is 0 Å². The lowest BCUT2D eigenvalue weighted by atomic mass is 10.1. The highest BCUT2D eigenvalue weighted by Gasteiger charge is 2.19. The minimum Gasteiger partial charge on any atom is -0.462 e. The Bertz CT molecular complexity index is 1440. The van der Waals surface area contributed by atoms with Crippen LogP contribution in [0.1, 0.15) is 258 Å². The highest BCUT2D eigenvalue weighted by molar-refractivity contribution is 5.71. The fourth-order valence-electron chi connectivity index (χ4n) is 7.76. The lowest BCUT2D eigenvalue weighted by Gasteiger charge is -2.18. The van der Waals surface area contributed by atoms with Gasteiger partial charge in [-0.15, -0.1) is 0 Å².